The Hall–Kier alpha value is -0.750. The topological polar surface area (TPSA) is 53.8 Å². The molecular formula is C18H25ClN2O2S. The third-order valence-corrected chi connectivity index (χ3v) is 6.12. The molecule has 1 aromatic carbocycles. The van der Waals surface area contributed by atoms with Crippen molar-refractivity contribution >= 4 is 29.1 Å². The Morgan fingerprint density at radius 1 is 1.33 bits per heavy atom. The Labute approximate surface area is 153 Å². The van der Waals surface area contributed by atoms with Gasteiger partial charge in [0.15, 0.2) is 0 Å². The number of fused-ring (bicyclic) bond motifs is 1. The molecule has 24 heavy (non-hydrogen) atoms. The van der Waals surface area contributed by atoms with E-state index in [1.807, 2.05) is 18.2 Å². The number of halogens is 1. The zero-order chi connectivity index (χ0) is 16.8. The number of aliphatic hydroxyl groups excluding tert-OH is 1. The van der Waals surface area contributed by atoms with Crippen LogP contribution < -0.4 is 5.32 Å². The summed E-state index contributed by atoms with van der Waals surface area (Å²) < 4.78 is 0. The van der Waals surface area contributed by atoms with Gasteiger partial charge in [-0.2, -0.15) is 0 Å². The van der Waals surface area contributed by atoms with Gasteiger partial charge in [0.25, 0.3) is 0 Å². The molecule has 6 heteroatoms. The number of hydrogen-bond acceptors (Lipinski definition) is 5. The second kappa shape index (κ2) is 9.09. The maximum atomic E-state index is 10.1. The predicted molar refractivity (Wildman–Crippen MR) is 100 cm³/mol. The third kappa shape index (κ3) is 4.88. The fraction of sp³-hybridized carbons (Fsp3) is 0.611. The van der Waals surface area contributed by atoms with Crippen molar-refractivity contribution in [1.29, 1.82) is 0 Å². The smallest absolute Gasteiger partial charge is 0.144 e. The SMILES string of the molecule is O[C@@H](CNC1CCCCC1)CO/N=C1/CCSc2c(Cl)cccc21. The van der Waals surface area contributed by atoms with Gasteiger partial charge in [-0.1, -0.05) is 48.2 Å². The van der Waals surface area contributed by atoms with E-state index < -0.39 is 6.10 Å². The molecule has 0 bridgehead atoms. The molecule has 1 aromatic rings. The van der Waals surface area contributed by atoms with Crippen molar-refractivity contribution in [2.75, 3.05) is 18.9 Å². The molecule has 1 fully saturated rings. The van der Waals surface area contributed by atoms with Gasteiger partial charge in [-0.3, -0.25) is 0 Å². The van der Waals surface area contributed by atoms with Gasteiger partial charge in [-0.15, -0.1) is 11.8 Å². The van der Waals surface area contributed by atoms with Crippen molar-refractivity contribution in [3.8, 4) is 0 Å². The fourth-order valence-corrected chi connectivity index (χ4v) is 4.62. The standard InChI is InChI=1S/C18H25ClN2O2S/c19-16-8-4-7-15-17(9-10-24-18(15)16)21-23-12-14(22)11-20-13-5-2-1-3-6-13/h4,7-8,13-14,20,22H,1-3,5-6,9-12H2/b21-17-/t14-/m0/s1. The van der Waals surface area contributed by atoms with E-state index in [-0.39, 0.29) is 6.61 Å². The molecule has 2 N–H and O–H groups in total. The van der Waals surface area contributed by atoms with Gasteiger partial charge in [0.05, 0.1) is 10.7 Å². The highest BCUT2D eigenvalue weighted by molar-refractivity contribution is 7.99. The Balaban J connectivity index is 1.47. The number of benzene rings is 1. The second-order valence-electron chi connectivity index (χ2n) is 6.45. The molecule has 0 amide bonds. The van der Waals surface area contributed by atoms with Crippen LogP contribution in [0, 0.1) is 0 Å². The van der Waals surface area contributed by atoms with Gasteiger partial charge in [-0.05, 0) is 18.9 Å². The first-order valence-corrected chi connectivity index (χ1v) is 10.1. The Morgan fingerprint density at radius 3 is 3.00 bits per heavy atom. The van der Waals surface area contributed by atoms with Crippen molar-refractivity contribution in [1.82, 2.24) is 5.32 Å². The maximum absolute atomic E-state index is 10.1. The summed E-state index contributed by atoms with van der Waals surface area (Å²) in [6.45, 7) is 0.778. The number of aliphatic hydroxyl groups is 1. The minimum atomic E-state index is -0.534. The number of oxime groups is 1. The summed E-state index contributed by atoms with van der Waals surface area (Å²) in [4.78, 5) is 6.49. The minimum Gasteiger partial charge on any atom is -0.393 e. The van der Waals surface area contributed by atoms with Crippen LogP contribution in [-0.4, -0.2) is 41.9 Å². The summed E-state index contributed by atoms with van der Waals surface area (Å²) >= 11 is 8.00. The average Bonchev–Trinajstić information content (AvgIpc) is 2.62. The monoisotopic (exact) mass is 368 g/mol. The van der Waals surface area contributed by atoms with Crippen LogP contribution in [0.25, 0.3) is 0 Å². The summed E-state index contributed by atoms with van der Waals surface area (Å²) in [6, 6.07) is 6.41. The molecule has 1 heterocycles. The summed E-state index contributed by atoms with van der Waals surface area (Å²) in [5, 5.41) is 18.5. The maximum Gasteiger partial charge on any atom is 0.144 e. The molecule has 1 aliphatic heterocycles. The van der Waals surface area contributed by atoms with E-state index in [0.717, 1.165) is 33.4 Å². The highest BCUT2D eigenvalue weighted by atomic mass is 35.5. The van der Waals surface area contributed by atoms with Crippen LogP contribution in [0.1, 0.15) is 44.1 Å². The lowest BCUT2D eigenvalue weighted by Gasteiger charge is -2.24. The Morgan fingerprint density at radius 2 is 2.17 bits per heavy atom. The molecule has 132 valence electrons. The van der Waals surface area contributed by atoms with Crippen molar-refractivity contribution in [3.63, 3.8) is 0 Å². The molecule has 1 saturated carbocycles. The van der Waals surface area contributed by atoms with Crippen LogP contribution in [0.3, 0.4) is 0 Å². The van der Waals surface area contributed by atoms with Crippen LogP contribution >= 0.6 is 23.4 Å². The molecule has 1 atom stereocenters. The van der Waals surface area contributed by atoms with Gasteiger partial charge in [-0.25, -0.2) is 0 Å². The summed E-state index contributed by atoms with van der Waals surface area (Å²) in [5.74, 6) is 0.949. The second-order valence-corrected chi connectivity index (χ2v) is 7.96. The van der Waals surface area contributed by atoms with Crippen molar-refractivity contribution < 1.29 is 9.94 Å². The number of rotatable bonds is 6. The van der Waals surface area contributed by atoms with Crippen LogP contribution in [0.5, 0.6) is 0 Å². The molecule has 2 aliphatic rings. The highest BCUT2D eigenvalue weighted by Crippen LogP contribution is 2.35. The molecule has 0 saturated heterocycles. The van der Waals surface area contributed by atoms with E-state index >= 15 is 0 Å². The molecule has 1 aliphatic carbocycles. The molecule has 4 nitrogen and oxygen atoms in total. The minimum absolute atomic E-state index is 0.215. The fourth-order valence-electron chi connectivity index (χ4n) is 3.23. The van der Waals surface area contributed by atoms with Crippen LogP contribution in [0.2, 0.25) is 5.02 Å². The lowest BCUT2D eigenvalue weighted by molar-refractivity contribution is 0.0380. The first-order chi connectivity index (χ1) is 11.7. The Kier molecular flexibility index (Phi) is 6.84. The van der Waals surface area contributed by atoms with Gasteiger partial charge >= 0.3 is 0 Å². The van der Waals surface area contributed by atoms with Crippen molar-refractivity contribution in [2.24, 2.45) is 5.16 Å². The average molecular weight is 369 g/mol. The Bertz CT molecular complexity index is 576. The zero-order valence-electron chi connectivity index (χ0n) is 13.8. The zero-order valence-corrected chi connectivity index (χ0v) is 15.4. The van der Waals surface area contributed by atoms with Crippen molar-refractivity contribution in [2.45, 2.75) is 55.6 Å². The highest BCUT2D eigenvalue weighted by Gasteiger charge is 2.19. The molecule has 0 unspecified atom stereocenters. The third-order valence-electron chi connectivity index (χ3n) is 4.55. The number of hydrogen-bond donors (Lipinski definition) is 2. The number of thioether (sulfide) groups is 1. The van der Waals surface area contributed by atoms with Gasteiger partial charge in [0, 0.05) is 35.2 Å². The van der Waals surface area contributed by atoms with E-state index in [1.165, 1.54) is 32.1 Å². The van der Waals surface area contributed by atoms with Gasteiger partial charge in [0.1, 0.15) is 12.7 Å². The van der Waals surface area contributed by atoms with Crippen molar-refractivity contribution in [3.05, 3.63) is 28.8 Å². The van der Waals surface area contributed by atoms with Crippen LogP contribution in [0.4, 0.5) is 0 Å². The normalized spacial score (nSPS) is 21.5. The number of nitrogens with one attached hydrogen (secondary N) is 1. The van der Waals surface area contributed by atoms with Crippen LogP contribution in [0.15, 0.2) is 28.3 Å². The summed E-state index contributed by atoms with van der Waals surface area (Å²) in [7, 11) is 0. The largest absolute Gasteiger partial charge is 0.393 e. The molecule has 3 rings (SSSR count). The first-order valence-electron chi connectivity index (χ1n) is 8.76. The van der Waals surface area contributed by atoms with E-state index in [0.29, 0.717) is 12.6 Å². The van der Waals surface area contributed by atoms with E-state index in [1.54, 1.807) is 11.8 Å². The predicted octanol–water partition coefficient (Wildman–Crippen LogP) is 3.84. The quantitative estimate of drug-likeness (QED) is 0.749. The van der Waals surface area contributed by atoms with E-state index in [9.17, 15) is 5.11 Å². The summed E-state index contributed by atoms with van der Waals surface area (Å²) in [6.07, 6.45) is 6.67. The van der Waals surface area contributed by atoms with Crippen LogP contribution in [-0.2, 0) is 4.84 Å². The molecule has 0 radical (unpaired) electrons. The first kappa shape index (κ1) is 18.1. The van der Waals surface area contributed by atoms with Gasteiger partial charge < -0.3 is 15.3 Å². The summed E-state index contributed by atoms with van der Waals surface area (Å²) in [5.41, 5.74) is 1.97. The number of nitrogens with zero attached hydrogens (tertiary/aromatic N) is 1. The van der Waals surface area contributed by atoms with Gasteiger partial charge in [0.2, 0.25) is 0 Å². The molecule has 0 spiro atoms. The molecular weight excluding hydrogens is 344 g/mol. The lowest BCUT2D eigenvalue weighted by Crippen LogP contribution is -2.38. The van der Waals surface area contributed by atoms with E-state index in [2.05, 4.69) is 10.5 Å². The molecule has 0 aromatic heterocycles. The lowest BCUT2D eigenvalue weighted by atomic mass is 9.95. The van der Waals surface area contributed by atoms with E-state index in [4.69, 9.17) is 16.4 Å².